The number of alkyl halides is 3. The number of nitrogens with zero attached hydrogens (tertiary/aromatic N) is 2. The van der Waals surface area contributed by atoms with Gasteiger partial charge in [-0.2, -0.15) is 13.2 Å². The van der Waals surface area contributed by atoms with E-state index in [0.717, 1.165) is 18.5 Å². The highest BCUT2D eigenvalue weighted by molar-refractivity contribution is 7.90. The van der Waals surface area contributed by atoms with Crippen molar-refractivity contribution in [2.75, 3.05) is 6.26 Å². The van der Waals surface area contributed by atoms with Gasteiger partial charge in [0.1, 0.15) is 5.82 Å². The Morgan fingerprint density at radius 2 is 1.81 bits per heavy atom. The molecule has 166 valence electrons. The van der Waals surface area contributed by atoms with Gasteiger partial charge in [0.2, 0.25) is 0 Å². The van der Waals surface area contributed by atoms with E-state index in [1.54, 1.807) is 6.07 Å². The number of sulfone groups is 1. The summed E-state index contributed by atoms with van der Waals surface area (Å²) in [6.45, 7) is -0.144. The Kier molecular flexibility index (Phi) is 5.28. The average molecular weight is 464 g/mol. The van der Waals surface area contributed by atoms with Crippen molar-refractivity contribution in [2.45, 2.75) is 24.2 Å². The molecule has 0 saturated heterocycles. The van der Waals surface area contributed by atoms with E-state index < -0.39 is 33.3 Å². The fourth-order valence-corrected chi connectivity index (χ4v) is 4.22. The zero-order valence-corrected chi connectivity index (χ0v) is 17.5. The number of amides is 1. The maximum Gasteiger partial charge on any atom is 0.417 e. The first-order valence-electron chi connectivity index (χ1n) is 9.38. The molecule has 10 heteroatoms. The first kappa shape index (κ1) is 21.9. The number of carbonyl (C=O) groups is 1. The van der Waals surface area contributed by atoms with Crippen LogP contribution in [0.3, 0.4) is 0 Å². The van der Waals surface area contributed by atoms with Gasteiger partial charge in [-0.05, 0) is 47.0 Å². The lowest BCUT2D eigenvalue weighted by Gasteiger charge is -2.18. The molecule has 0 fully saturated rings. The number of halogens is 4. The lowest BCUT2D eigenvalue weighted by molar-refractivity contribution is -0.137. The van der Waals surface area contributed by atoms with Crippen molar-refractivity contribution in [3.05, 3.63) is 82.9 Å². The molecule has 2 aromatic carbocycles. The van der Waals surface area contributed by atoms with Crippen LogP contribution in [0, 0.1) is 5.82 Å². The number of aromatic nitrogens is 1. The third-order valence-electron chi connectivity index (χ3n) is 5.16. The lowest BCUT2D eigenvalue weighted by atomic mass is 9.98. The number of carbonyl (C=O) groups excluding carboxylic acids is 1. The summed E-state index contributed by atoms with van der Waals surface area (Å²) in [7, 11) is -3.65. The highest BCUT2D eigenvalue weighted by Crippen LogP contribution is 2.34. The molecule has 1 aliphatic rings. The third-order valence-corrected chi connectivity index (χ3v) is 6.27. The van der Waals surface area contributed by atoms with Crippen molar-refractivity contribution >= 4 is 15.7 Å². The van der Waals surface area contributed by atoms with Crippen molar-refractivity contribution in [3.63, 3.8) is 0 Å². The molecule has 2 heterocycles. The van der Waals surface area contributed by atoms with Gasteiger partial charge in [0.15, 0.2) is 9.84 Å². The molecule has 0 spiro atoms. The van der Waals surface area contributed by atoms with Crippen molar-refractivity contribution < 1.29 is 30.8 Å². The summed E-state index contributed by atoms with van der Waals surface area (Å²) >= 11 is 0. The van der Waals surface area contributed by atoms with Crippen LogP contribution >= 0.6 is 0 Å². The molecule has 0 N–H and O–H groups in total. The molecule has 1 aliphatic heterocycles. The van der Waals surface area contributed by atoms with E-state index in [0.29, 0.717) is 16.8 Å². The van der Waals surface area contributed by atoms with E-state index in [9.17, 15) is 30.8 Å². The van der Waals surface area contributed by atoms with Gasteiger partial charge >= 0.3 is 6.18 Å². The molecule has 3 aromatic rings. The molecule has 0 aliphatic carbocycles. The van der Waals surface area contributed by atoms with Crippen molar-refractivity contribution in [3.8, 4) is 11.1 Å². The number of hydrogen-bond donors (Lipinski definition) is 0. The molecule has 1 amide bonds. The minimum absolute atomic E-state index is 0.00220. The molecule has 1 aromatic heterocycles. The molecule has 0 bridgehead atoms. The van der Waals surface area contributed by atoms with Crippen LogP contribution in [0.4, 0.5) is 17.6 Å². The normalized spacial score (nSPS) is 13.8. The van der Waals surface area contributed by atoms with Crippen LogP contribution in [-0.4, -0.2) is 30.5 Å². The van der Waals surface area contributed by atoms with Crippen molar-refractivity contribution in [2.24, 2.45) is 0 Å². The van der Waals surface area contributed by atoms with Gasteiger partial charge < -0.3 is 4.90 Å². The summed E-state index contributed by atoms with van der Waals surface area (Å²) in [6, 6.07) is 10.4. The predicted octanol–water partition coefficient (Wildman–Crippen LogP) is 4.47. The van der Waals surface area contributed by atoms with Crippen LogP contribution in [0.5, 0.6) is 0 Å². The standard InChI is InChI=1S/C22H16F4N2O3S/c1-32(30,31)17-5-6-18(13-3-2-4-16(23)8-13)19(9-17)21(29)28-11-14-7-15(22(24,25)26)10-27-20(14)12-28/h2-10H,11-12H2,1H3. The van der Waals surface area contributed by atoms with Gasteiger partial charge in [-0.1, -0.05) is 18.2 Å². The molecule has 0 radical (unpaired) electrons. The Labute approximate surface area is 181 Å². The number of pyridine rings is 1. The minimum atomic E-state index is -4.56. The maximum absolute atomic E-state index is 13.8. The Bertz CT molecular complexity index is 1340. The number of hydrogen-bond acceptors (Lipinski definition) is 4. The van der Waals surface area contributed by atoms with Crippen LogP contribution in [0.15, 0.2) is 59.6 Å². The molecule has 0 atom stereocenters. The van der Waals surface area contributed by atoms with Gasteiger partial charge in [0.05, 0.1) is 22.7 Å². The summed E-state index contributed by atoms with van der Waals surface area (Å²) in [5, 5.41) is 0. The van der Waals surface area contributed by atoms with Crippen molar-refractivity contribution in [1.82, 2.24) is 9.88 Å². The van der Waals surface area contributed by atoms with Gasteiger partial charge in [0.25, 0.3) is 5.91 Å². The van der Waals surface area contributed by atoms with Crippen LogP contribution < -0.4 is 0 Å². The van der Waals surface area contributed by atoms with Crippen LogP contribution in [0.25, 0.3) is 11.1 Å². The van der Waals surface area contributed by atoms with Gasteiger partial charge in [-0.15, -0.1) is 0 Å². The third kappa shape index (κ3) is 4.22. The first-order chi connectivity index (χ1) is 14.9. The highest BCUT2D eigenvalue weighted by Gasteiger charge is 2.34. The Morgan fingerprint density at radius 3 is 2.47 bits per heavy atom. The van der Waals surface area contributed by atoms with Gasteiger partial charge in [0, 0.05) is 24.6 Å². The van der Waals surface area contributed by atoms with Crippen LogP contribution in [0.1, 0.15) is 27.2 Å². The second-order valence-electron chi connectivity index (χ2n) is 7.48. The highest BCUT2D eigenvalue weighted by atomic mass is 32.2. The summed E-state index contributed by atoms with van der Waals surface area (Å²) in [6.07, 6.45) is -2.85. The molecule has 4 rings (SSSR count). The summed E-state index contributed by atoms with van der Waals surface area (Å²) in [5.41, 5.74) is 0.356. The Morgan fingerprint density at radius 1 is 1.06 bits per heavy atom. The maximum atomic E-state index is 13.8. The minimum Gasteiger partial charge on any atom is -0.328 e. The van der Waals surface area contributed by atoms with E-state index in [-0.39, 0.29) is 29.1 Å². The smallest absolute Gasteiger partial charge is 0.328 e. The summed E-state index contributed by atoms with van der Waals surface area (Å²) < 4.78 is 76.9. The van der Waals surface area contributed by atoms with Gasteiger partial charge in [-0.25, -0.2) is 12.8 Å². The quantitative estimate of drug-likeness (QED) is 0.537. The first-order valence-corrected chi connectivity index (χ1v) is 11.3. The summed E-state index contributed by atoms with van der Waals surface area (Å²) in [4.78, 5) is 18.4. The topological polar surface area (TPSA) is 67.3 Å². The Balaban J connectivity index is 1.75. The monoisotopic (exact) mass is 464 g/mol. The van der Waals surface area contributed by atoms with E-state index in [4.69, 9.17) is 0 Å². The number of rotatable bonds is 3. The molecule has 32 heavy (non-hydrogen) atoms. The fraction of sp³-hybridized carbons (Fsp3) is 0.182. The predicted molar refractivity (Wildman–Crippen MR) is 108 cm³/mol. The molecule has 5 nitrogen and oxygen atoms in total. The zero-order chi connectivity index (χ0) is 23.3. The van der Waals surface area contributed by atoms with E-state index >= 15 is 0 Å². The summed E-state index contributed by atoms with van der Waals surface area (Å²) in [5.74, 6) is -1.13. The van der Waals surface area contributed by atoms with Gasteiger partial charge in [-0.3, -0.25) is 9.78 Å². The lowest BCUT2D eigenvalue weighted by Crippen LogP contribution is -2.26. The SMILES string of the molecule is CS(=O)(=O)c1ccc(-c2cccc(F)c2)c(C(=O)N2Cc3cc(C(F)(F)F)cnc3C2)c1. The molecular formula is C22H16F4N2O3S. The molecule has 0 saturated carbocycles. The molecular weight excluding hydrogens is 448 g/mol. The number of benzene rings is 2. The molecule has 0 unspecified atom stereocenters. The van der Waals surface area contributed by atoms with Crippen LogP contribution in [0.2, 0.25) is 0 Å². The van der Waals surface area contributed by atoms with Crippen LogP contribution in [-0.2, 0) is 29.1 Å². The Hall–Kier alpha value is -3.27. The second-order valence-corrected chi connectivity index (χ2v) is 9.49. The van der Waals surface area contributed by atoms with Crippen molar-refractivity contribution in [1.29, 1.82) is 0 Å². The zero-order valence-electron chi connectivity index (χ0n) is 16.6. The fourth-order valence-electron chi connectivity index (χ4n) is 3.57. The average Bonchev–Trinajstić information content (AvgIpc) is 3.15. The van der Waals surface area contributed by atoms with E-state index in [1.165, 1.54) is 41.3 Å². The van der Waals surface area contributed by atoms with E-state index in [2.05, 4.69) is 4.98 Å². The number of fused-ring (bicyclic) bond motifs is 1. The van der Waals surface area contributed by atoms with E-state index in [1.807, 2.05) is 0 Å². The largest absolute Gasteiger partial charge is 0.417 e. The second kappa shape index (κ2) is 7.70.